The Kier molecular flexibility index (Phi) is 7.20. The molecule has 0 aromatic rings. The lowest BCUT2D eigenvalue weighted by Crippen LogP contribution is -2.46. The number of piperazine rings is 1. The molecule has 0 spiro atoms. The summed E-state index contributed by atoms with van der Waals surface area (Å²) in [4.78, 5) is 5.18. The largest absolute Gasteiger partial charge is 0.376 e. The van der Waals surface area contributed by atoms with E-state index < -0.39 is 0 Å². The highest BCUT2D eigenvalue weighted by atomic mass is 16.5. The maximum Gasteiger partial charge on any atom is 0.0598 e. The van der Waals surface area contributed by atoms with Crippen molar-refractivity contribution in [3.63, 3.8) is 0 Å². The van der Waals surface area contributed by atoms with Crippen molar-refractivity contribution in [3.8, 4) is 0 Å². The fourth-order valence-corrected chi connectivity index (χ4v) is 2.28. The summed E-state index contributed by atoms with van der Waals surface area (Å²) < 4.78 is 5.76. The van der Waals surface area contributed by atoms with Crippen LogP contribution >= 0.6 is 0 Å². The summed E-state index contributed by atoms with van der Waals surface area (Å²) in [6.07, 6.45) is 3.82. The highest BCUT2D eigenvalue weighted by Crippen LogP contribution is 2.08. The third-order valence-electron chi connectivity index (χ3n) is 3.45. The molecule has 1 rings (SSSR count). The van der Waals surface area contributed by atoms with Crippen LogP contribution in [0.4, 0.5) is 0 Å². The molecule has 1 aliphatic rings. The SMILES string of the molecule is CCCCN1CCN(CCCOC(C)(C)C)CC1. The highest BCUT2D eigenvalue weighted by molar-refractivity contribution is 4.71. The van der Waals surface area contributed by atoms with E-state index in [2.05, 4.69) is 37.5 Å². The van der Waals surface area contributed by atoms with Gasteiger partial charge in [0.25, 0.3) is 0 Å². The molecule has 0 amide bonds. The van der Waals surface area contributed by atoms with Gasteiger partial charge in [0.15, 0.2) is 0 Å². The highest BCUT2D eigenvalue weighted by Gasteiger charge is 2.16. The van der Waals surface area contributed by atoms with Gasteiger partial charge < -0.3 is 14.5 Å². The molecule has 0 atom stereocenters. The average molecular weight is 256 g/mol. The number of hydrogen-bond donors (Lipinski definition) is 0. The molecule has 18 heavy (non-hydrogen) atoms. The van der Waals surface area contributed by atoms with Gasteiger partial charge in [0.2, 0.25) is 0 Å². The van der Waals surface area contributed by atoms with Crippen LogP contribution in [0.15, 0.2) is 0 Å². The number of rotatable bonds is 7. The zero-order chi connectivity index (χ0) is 13.4. The molecule has 3 nitrogen and oxygen atoms in total. The van der Waals surface area contributed by atoms with Crippen molar-refractivity contribution in [2.45, 2.75) is 52.6 Å². The lowest BCUT2D eigenvalue weighted by Gasteiger charge is -2.34. The molecule has 0 aromatic heterocycles. The van der Waals surface area contributed by atoms with Gasteiger partial charge in [0.1, 0.15) is 0 Å². The Morgan fingerprint density at radius 3 is 1.83 bits per heavy atom. The molecule has 1 fully saturated rings. The summed E-state index contributed by atoms with van der Waals surface area (Å²) in [6, 6.07) is 0. The summed E-state index contributed by atoms with van der Waals surface area (Å²) in [5, 5.41) is 0. The predicted octanol–water partition coefficient (Wildman–Crippen LogP) is 2.61. The number of unbranched alkanes of at least 4 members (excludes halogenated alkanes) is 1. The first-order valence-electron chi connectivity index (χ1n) is 7.60. The van der Waals surface area contributed by atoms with Crippen LogP contribution in [0.5, 0.6) is 0 Å². The third kappa shape index (κ3) is 7.34. The first-order valence-corrected chi connectivity index (χ1v) is 7.60. The van der Waals surface area contributed by atoms with E-state index in [0.717, 1.165) is 13.0 Å². The summed E-state index contributed by atoms with van der Waals surface area (Å²) in [6.45, 7) is 17.0. The normalized spacial score (nSPS) is 19.3. The Balaban J connectivity index is 2.02. The molecule has 0 bridgehead atoms. The minimum atomic E-state index is 0.0127. The van der Waals surface area contributed by atoms with Crippen LogP contribution in [0.2, 0.25) is 0 Å². The Hall–Kier alpha value is -0.120. The Morgan fingerprint density at radius 2 is 1.39 bits per heavy atom. The zero-order valence-corrected chi connectivity index (χ0v) is 12.9. The van der Waals surface area contributed by atoms with Crippen LogP contribution in [0.1, 0.15) is 47.0 Å². The molecule has 1 saturated heterocycles. The van der Waals surface area contributed by atoms with Gasteiger partial charge in [-0.3, -0.25) is 0 Å². The van der Waals surface area contributed by atoms with Crippen LogP contribution in [0, 0.1) is 0 Å². The summed E-state index contributed by atoms with van der Waals surface area (Å²) in [7, 11) is 0. The van der Waals surface area contributed by atoms with E-state index in [1.54, 1.807) is 0 Å². The molecular formula is C15H32N2O. The van der Waals surface area contributed by atoms with E-state index in [9.17, 15) is 0 Å². The summed E-state index contributed by atoms with van der Waals surface area (Å²) >= 11 is 0. The van der Waals surface area contributed by atoms with Gasteiger partial charge in [-0.05, 0) is 40.2 Å². The van der Waals surface area contributed by atoms with E-state index in [4.69, 9.17) is 4.74 Å². The van der Waals surface area contributed by atoms with E-state index in [1.165, 1.54) is 52.1 Å². The summed E-state index contributed by atoms with van der Waals surface area (Å²) in [5.74, 6) is 0. The van der Waals surface area contributed by atoms with Crippen molar-refractivity contribution in [3.05, 3.63) is 0 Å². The predicted molar refractivity (Wildman–Crippen MR) is 78.1 cm³/mol. The van der Waals surface area contributed by atoms with Crippen LogP contribution in [-0.2, 0) is 4.74 Å². The van der Waals surface area contributed by atoms with Gasteiger partial charge in [0, 0.05) is 39.3 Å². The van der Waals surface area contributed by atoms with E-state index in [0.29, 0.717) is 0 Å². The van der Waals surface area contributed by atoms with Gasteiger partial charge in [-0.15, -0.1) is 0 Å². The fourth-order valence-electron chi connectivity index (χ4n) is 2.28. The minimum absolute atomic E-state index is 0.0127. The van der Waals surface area contributed by atoms with E-state index >= 15 is 0 Å². The van der Waals surface area contributed by atoms with Gasteiger partial charge in [0.05, 0.1) is 5.60 Å². The second-order valence-corrected chi connectivity index (χ2v) is 6.35. The maximum absolute atomic E-state index is 5.76. The third-order valence-corrected chi connectivity index (χ3v) is 3.45. The van der Waals surface area contributed by atoms with Crippen molar-refractivity contribution in [2.24, 2.45) is 0 Å². The van der Waals surface area contributed by atoms with Gasteiger partial charge in [-0.1, -0.05) is 13.3 Å². The molecule has 0 radical (unpaired) electrons. The second kappa shape index (κ2) is 8.13. The molecule has 1 aliphatic heterocycles. The minimum Gasteiger partial charge on any atom is -0.376 e. The quantitative estimate of drug-likeness (QED) is 0.651. The number of nitrogens with zero attached hydrogens (tertiary/aromatic N) is 2. The van der Waals surface area contributed by atoms with Crippen molar-refractivity contribution in [1.29, 1.82) is 0 Å². The van der Waals surface area contributed by atoms with Gasteiger partial charge in [-0.2, -0.15) is 0 Å². The lowest BCUT2D eigenvalue weighted by molar-refractivity contribution is -0.00835. The Morgan fingerprint density at radius 1 is 0.889 bits per heavy atom. The van der Waals surface area contributed by atoms with Crippen molar-refractivity contribution in [2.75, 3.05) is 45.9 Å². The first kappa shape index (κ1) is 15.9. The van der Waals surface area contributed by atoms with Crippen molar-refractivity contribution in [1.82, 2.24) is 9.80 Å². The number of ether oxygens (including phenoxy) is 1. The van der Waals surface area contributed by atoms with E-state index in [-0.39, 0.29) is 5.60 Å². The summed E-state index contributed by atoms with van der Waals surface area (Å²) in [5.41, 5.74) is 0.0127. The van der Waals surface area contributed by atoms with Crippen LogP contribution in [-0.4, -0.2) is 61.3 Å². The lowest BCUT2D eigenvalue weighted by atomic mass is 10.2. The molecule has 0 aromatic carbocycles. The van der Waals surface area contributed by atoms with Crippen molar-refractivity contribution >= 4 is 0 Å². The molecular weight excluding hydrogens is 224 g/mol. The monoisotopic (exact) mass is 256 g/mol. The van der Waals surface area contributed by atoms with E-state index in [1.807, 2.05) is 0 Å². The molecule has 108 valence electrons. The maximum atomic E-state index is 5.76. The number of hydrogen-bond acceptors (Lipinski definition) is 3. The first-order chi connectivity index (χ1) is 8.51. The van der Waals surface area contributed by atoms with Gasteiger partial charge in [-0.25, -0.2) is 0 Å². The smallest absolute Gasteiger partial charge is 0.0598 e. The second-order valence-electron chi connectivity index (χ2n) is 6.35. The topological polar surface area (TPSA) is 15.7 Å². The molecule has 0 aliphatic carbocycles. The van der Waals surface area contributed by atoms with Crippen LogP contribution < -0.4 is 0 Å². The Bertz CT molecular complexity index is 205. The average Bonchev–Trinajstić information content (AvgIpc) is 2.32. The zero-order valence-electron chi connectivity index (χ0n) is 12.9. The fraction of sp³-hybridized carbons (Fsp3) is 1.00. The van der Waals surface area contributed by atoms with Crippen LogP contribution in [0.3, 0.4) is 0 Å². The Labute approximate surface area is 113 Å². The standard InChI is InChI=1S/C15H32N2O/c1-5-6-8-16-10-12-17(13-11-16)9-7-14-18-15(2,3)4/h5-14H2,1-4H3. The molecule has 0 unspecified atom stereocenters. The molecule has 0 N–H and O–H groups in total. The molecule has 0 saturated carbocycles. The van der Waals surface area contributed by atoms with Crippen LogP contribution in [0.25, 0.3) is 0 Å². The molecule has 3 heteroatoms. The van der Waals surface area contributed by atoms with Crippen molar-refractivity contribution < 1.29 is 4.74 Å². The van der Waals surface area contributed by atoms with Gasteiger partial charge >= 0.3 is 0 Å². The molecule has 1 heterocycles.